The summed E-state index contributed by atoms with van der Waals surface area (Å²) in [4.78, 5) is 5.13. The Labute approximate surface area is 141 Å². The van der Waals surface area contributed by atoms with Crippen LogP contribution in [0.1, 0.15) is 6.42 Å². The van der Waals surface area contributed by atoms with Crippen LogP contribution in [0.3, 0.4) is 0 Å². The van der Waals surface area contributed by atoms with Crippen molar-refractivity contribution in [1.82, 2.24) is 4.98 Å². The third-order valence-corrected chi connectivity index (χ3v) is 4.86. The molecule has 1 aromatic carbocycles. The molecule has 1 aliphatic rings. The summed E-state index contributed by atoms with van der Waals surface area (Å²) >= 11 is 19.3. The lowest BCUT2D eigenvalue weighted by Gasteiger charge is -2.09. The van der Waals surface area contributed by atoms with Gasteiger partial charge in [0.1, 0.15) is 10.2 Å². The Hall–Kier alpha value is -0.810. The minimum Gasteiger partial charge on any atom is -0.490 e. The highest BCUT2D eigenvalue weighted by Crippen LogP contribution is 2.39. The van der Waals surface area contributed by atoms with Gasteiger partial charge in [-0.05, 0) is 24.3 Å². The molecule has 2 heterocycles. The Morgan fingerprint density at radius 2 is 1.71 bits per heavy atom. The summed E-state index contributed by atoms with van der Waals surface area (Å²) in [6.45, 7) is 1.31. The summed E-state index contributed by atoms with van der Waals surface area (Å²) in [5.74, 6) is 1.48. The topological polar surface area (TPSA) is 31.4 Å². The molecule has 21 heavy (non-hydrogen) atoms. The van der Waals surface area contributed by atoms with Gasteiger partial charge in [0.25, 0.3) is 0 Å². The molecule has 0 bridgehead atoms. The molecule has 0 fully saturated rings. The Balaban J connectivity index is 1.88. The van der Waals surface area contributed by atoms with E-state index in [0.717, 1.165) is 22.8 Å². The van der Waals surface area contributed by atoms with Crippen molar-refractivity contribution in [3.8, 4) is 11.5 Å². The Kier molecular flexibility index (Phi) is 4.69. The normalized spacial score (nSPS) is 13.9. The van der Waals surface area contributed by atoms with E-state index in [1.807, 2.05) is 18.2 Å². The van der Waals surface area contributed by atoms with Crippen LogP contribution in [-0.2, 0) is 0 Å². The number of aromatic nitrogens is 1. The number of benzene rings is 1. The van der Waals surface area contributed by atoms with Crippen LogP contribution in [0.15, 0.2) is 34.2 Å². The second-order valence-corrected chi connectivity index (χ2v) is 6.54. The Morgan fingerprint density at radius 1 is 0.952 bits per heavy atom. The Bertz CT molecular complexity index is 682. The van der Waals surface area contributed by atoms with E-state index in [9.17, 15) is 0 Å². The molecule has 3 rings (SSSR count). The molecule has 0 radical (unpaired) electrons. The van der Waals surface area contributed by atoms with Crippen LogP contribution >= 0.6 is 46.6 Å². The zero-order valence-electron chi connectivity index (χ0n) is 10.7. The lowest BCUT2D eigenvalue weighted by atomic mass is 10.3. The van der Waals surface area contributed by atoms with Crippen LogP contribution < -0.4 is 9.47 Å². The van der Waals surface area contributed by atoms with Crippen LogP contribution in [0.5, 0.6) is 11.5 Å². The summed E-state index contributed by atoms with van der Waals surface area (Å²) in [7, 11) is 0. The lowest BCUT2D eigenvalue weighted by molar-refractivity contribution is 0.297. The first-order valence-electron chi connectivity index (χ1n) is 6.22. The first kappa shape index (κ1) is 15.1. The van der Waals surface area contributed by atoms with Gasteiger partial charge in [0.2, 0.25) is 0 Å². The number of rotatable bonds is 2. The molecule has 0 aliphatic carbocycles. The average Bonchev–Trinajstić information content (AvgIpc) is 2.69. The molecule has 0 atom stereocenters. The van der Waals surface area contributed by atoms with Crippen LogP contribution in [0.4, 0.5) is 0 Å². The summed E-state index contributed by atoms with van der Waals surface area (Å²) in [5, 5.41) is 1.63. The van der Waals surface area contributed by atoms with Gasteiger partial charge in [0, 0.05) is 11.3 Å². The van der Waals surface area contributed by atoms with Crippen LogP contribution in [-0.4, -0.2) is 18.2 Å². The van der Waals surface area contributed by atoms with Crippen molar-refractivity contribution in [2.75, 3.05) is 13.2 Å². The monoisotopic (exact) mass is 361 g/mol. The van der Waals surface area contributed by atoms with Gasteiger partial charge in [-0.2, -0.15) is 0 Å². The predicted molar refractivity (Wildman–Crippen MR) is 85.4 cm³/mol. The molecule has 110 valence electrons. The van der Waals surface area contributed by atoms with E-state index >= 15 is 0 Å². The third-order valence-electron chi connectivity index (χ3n) is 2.79. The van der Waals surface area contributed by atoms with Gasteiger partial charge in [-0.3, -0.25) is 0 Å². The average molecular weight is 363 g/mol. The molecule has 0 saturated carbocycles. The molecule has 0 saturated heterocycles. The van der Waals surface area contributed by atoms with Crippen molar-refractivity contribution in [3.63, 3.8) is 0 Å². The zero-order chi connectivity index (χ0) is 14.8. The summed E-state index contributed by atoms with van der Waals surface area (Å²) in [6.07, 6.45) is 0.872. The molecular formula is C14H10Cl3NO2S. The number of ether oxygens (including phenoxy) is 2. The number of nitrogens with zero attached hydrogens (tertiary/aromatic N) is 1. The molecule has 0 amide bonds. The zero-order valence-corrected chi connectivity index (χ0v) is 13.8. The van der Waals surface area contributed by atoms with Crippen LogP contribution in [0.25, 0.3) is 0 Å². The highest BCUT2D eigenvalue weighted by molar-refractivity contribution is 7.99. The van der Waals surface area contributed by atoms with Gasteiger partial charge in [0.05, 0.1) is 23.3 Å². The van der Waals surface area contributed by atoms with Gasteiger partial charge in [-0.25, -0.2) is 4.98 Å². The standard InChI is InChI=1S/C14H10Cl3NO2S/c15-9-7-10(16)14(18-13(9)17)21-8-2-3-11-12(6-8)20-5-1-4-19-11/h2-3,6-7H,1,4-5H2. The predicted octanol–water partition coefficient (Wildman–Crippen LogP) is 5.35. The quantitative estimate of drug-likeness (QED) is 0.674. The summed E-state index contributed by atoms with van der Waals surface area (Å²) in [6, 6.07) is 7.31. The Morgan fingerprint density at radius 3 is 2.52 bits per heavy atom. The van der Waals surface area contributed by atoms with E-state index in [1.54, 1.807) is 6.07 Å². The van der Waals surface area contributed by atoms with Crippen molar-refractivity contribution >= 4 is 46.6 Å². The smallest absolute Gasteiger partial charge is 0.162 e. The van der Waals surface area contributed by atoms with Gasteiger partial charge >= 0.3 is 0 Å². The van der Waals surface area contributed by atoms with E-state index in [-0.39, 0.29) is 5.15 Å². The van der Waals surface area contributed by atoms with Crippen LogP contribution in [0.2, 0.25) is 15.2 Å². The van der Waals surface area contributed by atoms with E-state index in [0.29, 0.717) is 28.3 Å². The fourth-order valence-electron chi connectivity index (χ4n) is 1.82. The first-order valence-corrected chi connectivity index (χ1v) is 8.17. The van der Waals surface area contributed by atoms with E-state index in [1.165, 1.54) is 11.8 Å². The highest BCUT2D eigenvalue weighted by Gasteiger charge is 2.14. The van der Waals surface area contributed by atoms with E-state index in [2.05, 4.69) is 4.98 Å². The molecule has 1 aliphatic heterocycles. The summed E-state index contributed by atoms with van der Waals surface area (Å²) < 4.78 is 11.3. The molecule has 1 aromatic heterocycles. The largest absolute Gasteiger partial charge is 0.490 e. The lowest BCUT2D eigenvalue weighted by Crippen LogP contribution is -1.97. The molecule has 0 spiro atoms. The highest BCUT2D eigenvalue weighted by atomic mass is 35.5. The van der Waals surface area contributed by atoms with Crippen molar-refractivity contribution in [3.05, 3.63) is 39.5 Å². The van der Waals surface area contributed by atoms with Gasteiger partial charge < -0.3 is 9.47 Å². The maximum Gasteiger partial charge on any atom is 0.162 e. The third kappa shape index (κ3) is 3.51. The molecule has 2 aromatic rings. The number of pyridine rings is 1. The van der Waals surface area contributed by atoms with Crippen molar-refractivity contribution in [2.45, 2.75) is 16.3 Å². The van der Waals surface area contributed by atoms with Crippen molar-refractivity contribution in [1.29, 1.82) is 0 Å². The fraction of sp³-hybridized carbons (Fsp3) is 0.214. The second kappa shape index (κ2) is 6.53. The minimum atomic E-state index is 0.234. The SMILES string of the molecule is Clc1cc(Cl)c(Sc2ccc3c(c2)OCCCO3)nc1Cl. The molecule has 3 nitrogen and oxygen atoms in total. The first-order chi connectivity index (χ1) is 10.1. The molecule has 0 unspecified atom stereocenters. The van der Waals surface area contributed by atoms with Crippen molar-refractivity contribution < 1.29 is 9.47 Å². The number of hydrogen-bond donors (Lipinski definition) is 0. The van der Waals surface area contributed by atoms with Crippen LogP contribution in [0, 0.1) is 0 Å². The van der Waals surface area contributed by atoms with Gasteiger partial charge in [-0.1, -0.05) is 46.6 Å². The number of fused-ring (bicyclic) bond motifs is 1. The maximum atomic E-state index is 6.14. The summed E-state index contributed by atoms with van der Waals surface area (Å²) in [5.41, 5.74) is 0. The van der Waals surface area contributed by atoms with Gasteiger partial charge in [0.15, 0.2) is 11.5 Å². The minimum absolute atomic E-state index is 0.234. The molecular weight excluding hydrogens is 353 g/mol. The fourth-order valence-corrected chi connectivity index (χ4v) is 3.30. The van der Waals surface area contributed by atoms with E-state index in [4.69, 9.17) is 44.3 Å². The second-order valence-electron chi connectivity index (χ2n) is 4.31. The number of hydrogen-bond acceptors (Lipinski definition) is 4. The van der Waals surface area contributed by atoms with Crippen molar-refractivity contribution in [2.24, 2.45) is 0 Å². The van der Waals surface area contributed by atoms with Gasteiger partial charge in [-0.15, -0.1) is 0 Å². The van der Waals surface area contributed by atoms with E-state index < -0.39 is 0 Å². The molecule has 7 heteroatoms. The maximum absolute atomic E-state index is 6.14. The molecule has 0 N–H and O–H groups in total. The number of halogens is 3.